The Morgan fingerprint density at radius 2 is 2.06 bits per heavy atom. The molecular weight excluding hydrogens is 258 g/mol. The van der Waals surface area contributed by atoms with Crippen LogP contribution >= 0.6 is 0 Å². The second-order valence-corrected chi connectivity index (χ2v) is 7.83. The molecule has 0 saturated carbocycles. The van der Waals surface area contributed by atoms with E-state index in [1.165, 1.54) is 0 Å². The SMILES string of the molecule is CC(C)(C)OC(=O)NC1CCS(=O)(=O)CC1CO. The van der Waals surface area contributed by atoms with Crippen LogP contribution in [-0.2, 0) is 14.6 Å². The molecule has 0 aliphatic carbocycles. The number of carbonyl (C=O) groups is 1. The van der Waals surface area contributed by atoms with Crippen molar-refractivity contribution in [1.29, 1.82) is 0 Å². The van der Waals surface area contributed by atoms with Gasteiger partial charge in [-0.1, -0.05) is 0 Å². The second-order valence-electron chi connectivity index (χ2n) is 5.60. The Hall–Kier alpha value is -0.820. The maximum Gasteiger partial charge on any atom is 0.407 e. The highest BCUT2D eigenvalue weighted by Gasteiger charge is 2.34. The molecule has 1 saturated heterocycles. The van der Waals surface area contributed by atoms with E-state index in [9.17, 15) is 18.3 Å². The summed E-state index contributed by atoms with van der Waals surface area (Å²) in [6.45, 7) is 4.99. The average molecular weight is 279 g/mol. The maximum atomic E-state index is 11.6. The van der Waals surface area contributed by atoms with Gasteiger partial charge in [-0.2, -0.15) is 0 Å². The molecule has 0 radical (unpaired) electrons. The molecule has 1 amide bonds. The van der Waals surface area contributed by atoms with Gasteiger partial charge in [0.2, 0.25) is 0 Å². The molecule has 7 heteroatoms. The minimum atomic E-state index is -3.10. The van der Waals surface area contributed by atoms with Gasteiger partial charge in [0.05, 0.1) is 11.5 Å². The van der Waals surface area contributed by atoms with E-state index in [1.807, 2.05) is 0 Å². The topological polar surface area (TPSA) is 92.7 Å². The van der Waals surface area contributed by atoms with Crippen LogP contribution in [0.15, 0.2) is 0 Å². The molecule has 0 bridgehead atoms. The molecule has 2 unspecified atom stereocenters. The van der Waals surface area contributed by atoms with Crippen molar-refractivity contribution in [3.8, 4) is 0 Å². The summed E-state index contributed by atoms with van der Waals surface area (Å²) >= 11 is 0. The lowest BCUT2D eigenvalue weighted by Crippen LogP contribution is -2.49. The van der Waals surface area contributed by atoms with Gasteiger partial charge in [-0.25, -0.2) is 13.2 Å². The van der Waals surface area contributed by atoms with Gasteiger partial charge in [-0.3, -0.25) is 0 Å². The van der Waals surface area contributed by atoms with Crippen LogP contribution in [0.25, 0.3) is 0 Å². The number of ether oxygens (including phenoxy) is 1. The number of amides is 1. The van der Waals surface area contributed by atoms with Crippen molar-refractivity contribution in [1.82, 2.24) is 5.32 Å². The van der Waals surface area contributed by atoms with Gasteiger partial charge in [0.15, 0.2) is 9.84 Å². The Balaban J connectivity index is 2.59. The van der Waals surface area contributed by atoms with Gasteiger partial charge in [0.1, 0.15) is 5.60 Å². The van der Waals surface area contributed by atoms with E-state index in [0.29, 0.717) is 6.42 Å². The van der Waals surface area contributed by atoms with Crippen LogP contribution in [0.1, 0.15) is 27.2 Å². The Kier molecular flexibility index (Phi) is 4.61. The highest BCUT2D eigenvalue weighted by Crippen LogP contribution is 2.19. The van der Waals surface area contributed by atoms with Crippen LogP contribution in [-0.4, -0.2) is 49.4 Å². The van der Waals surface area contributed by atoms with E-state index in [1.54, 1.807) is 20.8 Å². The number of aliphatic hydroxyl groups is 1. The first-order valence-electron chi connectivity index (χ1n) is 5.94. The van der Waals surface area contributed by atoms with Gasteiger partial charge in [-0.15, -0.1) is 0 Å². The third-order valence-electron chi connectivity index (χ3n) is 2.71. The summed E-state index contributed by atoms with van der Waals surface area (Å²) in [6, 6.07) is -0.353. The van der Waals surface area contributed by atoms with Crippen LogP contribution in [0.5, 0.6) is 0 Å². The predicted octanol–water partition coefficient (Wildman–Crippen LogP) is 0.307. The number of nitrogens with one attached hydrogen (secondary N) is 1. The lowest BCUT2D eigenvalue weighted by Gasteiger charge is -2.31. The van der Waals surface area contributed by atoms with Crippen LogP contribution in [0.4, 0.5) is 4.79 Å². The van der Waals surface area contributed by atoms with Crippen molar-refractivity contribution in [3.05, 3.63) is 0 Å². The number of aliphatic hydroxyl groups excluding tert-OH is 1. The standard InChI is InChI=1S/C11H21NO5S/c1-11(2,3)17-10(14)12-9-4-5-18(15,16)7-8(9)6-13/h8-9,13H,4-7H2,1-3H3,(H,12,14). The maximum absolute atomic E-state index is 11.6. The highest BCUT2D eigenvalue weighted by atomic mass is 32.2. The summed E-state index contributed by atoms with van der Waals surface area (Å²) in [4.78, 5) is 11.6. The molecule has 0 aromatic rings. The Bertz CT molecular complexity index is 398. The molecule has 2 N–H and O–H groups in total. The monoisotopic (exact) mass is 279 g/mol. The quantitative estimate of drug-likeness (QED) is 0.758. The normalized spacial score (nSPS) is 27.6. The highest BCUT2D eigenvalue weighted by molar-refractivity contribution is 7.91. The van der Waals surface area contributed by atoms with Gasteiger partial charge in [0.25, 0.3) is 0 Å². The molecule has 18 heavy (non-hydrogen) atoms. The van der Waals surface area contributed by atoms with Gasteiger partial charge >= 0.3 is 6.09 Å². The zero-order valence-electron chi connectivity index (χ0n) is 11.0. The lowest BCUT2D eigenvalue weighted by molar-refractivity contribution is 0.0472. The molecule has 1 aliphatic heterocycles. The van der Waals surface area contributed by atoms with Crippen molar-refractivity contribution in [3.63, 3.8) is 0 Å². The summed E-state index contributed by atoms with van der Waals surface area (Å²) in [5, 5.41) is 11.8. The Morgan fingerprint density at radius 3 is 2.56 bits per heavy atom. The lowest BCUT2D eigenvalue weighted by atomic mass is 10.00. The van der Waals surface area contributed by atoms with E-state index in [-0.39, 0.29) is 24.2 Å². The molecule has 0 aromatic carbocycles. The van der Waals surface area contributed by atoms with E-state index < -0.39 is 27.4 Å². The molecule has 1 rings (SSSR count). The number of carbonyl (C=O) groups excluding carboxylic acids is 1. The van der Waals surface area contributed by atoms with E-state index in [0.717, 1.165) is 0 Å². The predicted molar refractivity (Wildman–Crippen MR) is 67.0 cm³/mol. The number of hydrogen-bond donors (Lipinski definition) is 2. The number of alkyl carbamates (subject to hydrolysis) is 1. The summed E-state index contributed by atoms with van der Waals surface area (Å²) < 4.78 is 28.0. The minimum Gasteiger partial charge on any atom is -0.444 e. The van der Waals surface area contributed by atoms with Crippen molar-refractivity contribution < 1.29 is 23.1 Å². The molecule has 0 aromatic heterocycles. The van der Waals surface area contributed by atoms with Crippen molar-refractivity contribution >= 4 is 15.9 Å². The van der Waals surface area contributed by atoms with Gasteiger partial charge in [-0.05, 0) is 27.2 Å². The van der Waals surface area contributed by atoms with Crippen molar-refractivity contribution in [2.24, 2.45) is 5.92 Å². The summed E-state index contributed by atoms with van der Waals surface area (Å²) in [5.41, 5.74) is -0.598. The van der Waals surface area contributed by atoms with Gasteiger partial charge in [0, 0.05) is 18.6 Å². The molecule has 1 aliphatic rings. The zero-order valence-corrected chi connectivity index (χ0v) is 11.8. The second kappa shape index (κ2) is 5.44. The Morgan fingerprint density at radius 1 is 1.44 bits per heavy atom. The first-order valence-corrected chi connectivity index (χ1v) is 7.76. The molecule has 1 fully saturated rings. The molecule has 6 nitrogen and oxygen atoms in total. The van der Waals surface area contributed by atoms with Gasteiger partial charge < -0.3 is 15.2 Å². The molecule has 106 valence electrons. The summed E-state index contributed by atoms with van der Waals surface area (Å²) in [5.74, 6) is -0.523. The third kappa shape index (κ3) is 4.81. The van der Waals surface area contributed by atoms with Crippen molar-refractivity contribution in [2.45, 2.75) is 38.8 Å². The summed E-state index contributed by atoms with van der Waals surface area (Å²) in [7, 11) is -3.10. The van der Waals surface area contributed by atoms with E-state index in [4.69, 9.17) is 4.74 Å². The van der Waals surface area contributed by atoms with Crippen LogP contribution in [0.3, 0.4) is 0 Å². The average Bonchev–Trinajstić information content (AvgIpc) is 2.17. The minimum absolute atomic E-state index is 0.0317. The van der Waals surface area contributed by atoms with Crippen LogP contribution in [0.2, 0.25) is 0 Å². The van der Waals surface area contributed by atoms with Crippen LogP contribution in [0, 0.1) is 5.92 Å². The first kappa shape index (κ1) is 15.2. The van der Waals surface area contributed by atoms with Crippen LogP contribution < -0.4 is 5.32 Å². The first-order chi connectivity index (χ1) is 8.13. The van der Waals surface area contributed by atoms with E-state index in [2.05, 4.69) is 5.32 Å². The molecule has 1 heterocycles. The van der Waals surface area contributed by atoms with Crippen molar-refractivity contribution in [2.75, 3.05) is 18.1 Å². The molecule has 0 spiro atoms. The number of hydrogen-bond acceptors (Lipinski definition) is 5. The molecule has 2 atom stereocenters. The summed E-state index contributed by atoms with van der Waals surface area (Å²) in [6.07, 6.45) is -0.266. The fraction of sp³-hybridized carbons (Fsp3) is 0.909. The third-order valence-corrected chi connectivity index (χ3v) is 4.51. The number of sulfone groups is 1. The fourth-order valence-corrected chi connectivity index (χ4v) is 3.67. The largest absolute Gasteiger partial charge is 0.444 e. The zero-order chi connectivity index (χ0) is 14.0. The molecular formula is C11H21NO5S. The fourth-order valence-electron chi connectivity index (χ4n) is 1.90. The smallest absolute Gasteiger partial charge is 0.407 e. The Labute approximate surface area is 108 Å². The van der Waals surface area contributed by atoms with E-state index >= 15 is 0 Å². The number of rotatable bonds is 2.